The summed E-state index contributed by atoms with van der Waals surface area (Å²) in [6.07, 6.45) is -0.0858. The highest BCUT2D eigenvalue weighted by Crippen LogP contribution is 2.32. The molecule has 1 aliphatic heterocycles. The van der Waals surface area contributed by atoms with E-state index in [4.69, 9.17) is 15.6 Å². The number of hydrogen-bond acceptors (Lipinski definition) is 5. The molecular formula is C15H24FN3O2. The number of anilines is 2. The topological polar surface area (TPSA) is 62.0 Å². The van der Waals surface area contributed by atoms with E-state index in [2.05, 4.69) is 9.80 Å². The Bertz CT molecular complexity index is 474. The van der Waals surface area contributed by atoms with Gasteiger partial charge in [-0.1, -0.05) is 0 Å². The molecule has 0 atom stereocenters. The molecular weight excluding hydrogens is 273 g/mol. The highest BCUT2D eigenvalue weighted by Gasteiger charge is 2.20. The van der Waals surface area contributed by atoms with Crippen LogP contribution in [0.2, 0.25) is 0 Å². The molecule has 3 N–H and O–H groups in total. The first-order valence-corrected chi connectivity index (χ1v) is 7.35. The fraction of sp³-hybridized carbons (Fsp3) is 0.600. The number of benzene rings is 1. The molecule has 0 unspecified atom stereocenters. The largest absolute Gasteiger partial charge is 0.488 e. The number of nitrogen functional groups attached to an aromatic ring is 1. The van der Waals surface area contributed by atoms with Crippen molar-refractivity contribution in [1.29, 1.82) is 0 Å². The first-order valence-electron chi connectivity index (χ1n) is 7.35. The summed E-state index contributed by atoms with van der Waals surface area (Å²) < 4.78 is 19.4. The summed E-state index contributed by atoms with van der Waals surface area (Å²) in [5.74, 6) is -0.184. The van der Waals surface area contributed by atoms with Gasteiger partial charge in [-0.15, -0.1) is 0 Å². The van der Waals surface area contributed by atoms with E-state index in [1.807, 2.05) is 13.8 Å². The lowest BCUT2D eigenvalue weighted by atomic mass is 10.2. The van der Waals surface area contributed by atoms with Crippen molar-refractivity contribution in [3.8, 4) is 5.75 Å². The Morgan fingerprint density at radius 3 is 2.52 bits per heavy atom. The van der Waals surface area contributed by atoms with Gasteiger partial charge in [0.15, 0.2) is 11.6 Å². The third-order valence-electron chi connectivity index (χ3n) is 3.57. The van der Waals surface area contributed by atoms with Gasteiger partial charge in [0.05, 0.1) is 24.1 Å². The van der Waals surface area contributed by atoms with Gasteiger partial charge in [0.2, 0.25) is 0 Å². The molecule has 0 aromatic heterocycles. The zero-order chi connectivity index (χ0) is 15.4. The van der Waals surface area contributed by atoms with Crippen LogP contribution in [0.25, 0.3) is 0 Å². The minimum Gasteiger partial charge on any atom is -0.488 e. The van der Waals surface area contributed by atoms with Crippen molar-refractivity contribution < 1.29 is 14.2 Å². The van der Waals surface area contributed by atoms with Crippen molar-refractivity contribution in [2.45, 2.75) is 20.0 Å². The van der Waals surface area contributed by atoms with Crippen LogP contribution in [0.15, 0.2) is 12.1 Å². The number of halogens is 1. The smallest absolute Gasteiger partial charge is 0.167 e. The van der Waals surface area contributed by atoms with Crippen molar-refractivity contribution in [1.82, 2.24) is 4.90 Å². The van der Waals surface area contributed by atoms with Gasteiger partial charge in [0.25, 0.3) is 0 Å². The van der Waals surface area contributed by atoms with Crippen LogP contribution >= 0.6 is 0 Å². The Morgan fingerprint density at radius 2 is 1.95 bits per heavy atom. The molecule has 1 aromatic rings. The number of aliphatic hydroxyl groups excluding tert-OH is 1. The van der Waals surface area contributed by atoms with Crippen LogP contribution in [0.5, 0.6) is 5.75 Å². The van der Waals surface area contributed by atoms with Gasteiger partial charge in [0.1, 0.15) is 0 Å². The quantitative estimate of drug-likeness (QED) is 0.802. The average molecular weight is 297 g/mol. The Morgan fingerprint density at radius 1 is 1.29 bits per heavy atom. The number of nitrogens with zero attached hydrogens (tertiary/aromatic N) is 2. The van der Waals surface area contributed by atoms with Crippen molar-refractivity contribution in [3.05, 3.63) is 17.9 Å². The Balaban J connectivity index is 2.12. The number of nitrogens with two attached hydrogens (primary N) is 1. The lowest BCUT2D eigenvalue weighted by Gasteiger charge is -2.36. The molecule has 2 rings (SSSR count). The summed E-state index contributed by atoms with van der Waals surface area (Å²) in [5.41, 5.74) is 7.20. The van der Waals surface area contributed by atoms with E-state index in [1.54, 1.807) is 6.07 Å². The molecule has 0 radical (unpaired) electrons. The monoisotopic (exact) mass is 297 g/mol. The summed E-state index contributed by atoms with van der Waals surface area (Å²) in [5, 5.41) is 8.96. The first kappa shape index (κ1) is 15.9. The fourth-order valence-electron chi connectivity index (χ4n) is 2.53. The standard InChI is InChI=1S/C15H24FN3O2/c1-11(2)21-15-10-14(13(17)9-12(15)16)19-5-3-18(4-6-19)7-8-20/h9-11,20H,3-8,17H2,1-2H3. The van der Waals surface area contributed by atoms with Crippen molar-refractivity contribution in [2.24, 2.45) is 0 Å². The van der Waals surface area contributed by atoms with Crippen LogP contribution in [0, 0.1) is 5.82 Å². The van der Waals surface area contributed by atoms with Gasteiger partial charge < -0.3 is 20.5 Å². The van der Waals surface area contributed by atoms with Crippen LogP contribution in [-0.2, 0) is 0 Å². The summed E-state index contributed by atoms with van der Waals surface area (Å²) in [7, 11) is 0. The number of ether oxygens (including phenoxy) is 1. The third-order valence-corrected chi connectivity index (χ3v) is 3.57. The summed E-state index contributed by atoms with van der Waals surface area (Å²) in [6.45, 7) is 7.91. The van der Waals surface area contributed by atoms with E-state index in [0.29, 0.717) is 12.2 Å². The van der Waals surface area contributed by atoms with Gasteiger partial charge in [-0.25, -0.2) is 4.39 Å². The molecule has 1 fully saturated rings. The summed E-state index contributed by atoms with van der Waals surface area (Å²) in [4.78, 5) is 4.33. The van der Waals surface area contributed by atoms with Gasteiger partial charge in [0, 0.05) is 44.9 Å². The van der Waals surface area contributed by atoms with E-state index in [-0.39, 0.29) is 18.5 Å². The van der Waals surface area contributed by atoms with Gasteiger partial charge in [-0.05, 0) is 13.8 Å². The highest BCUT2D eigenvalue weighted by atomic mass is 19.1. The molecule has 1 saturated heterocycles. The highest BCUT2D eigenvalue weighted by molar-refractivity contribution is 5.70. The van der Waals surface area contributed by atoms with Crippen LogP contribution in [-0.4, -0.2) is 55.4 Å². The van der Waals surface area contributed by atoms with Crippen LogP contribution in [0.4, 0.5) is 15.8 Å². The molecule has 1 aromatic carbocycles. The Labute approximate surface area is 125 Å². The Kier molecular flexibility index (Phi) is 5.25. The van der Waals surface area contributed by atoms with E-state index in [0.717, 1.165) is 31.9 Å². The molecule has 5 nitrogen and oxygen atoms in total. The molecule has 0 amide bonds. The maximum absolute atomic E-state index is 13.9. The minimum absolute atomic E-state index is 0.0858. The second-order valence-corrected chi connectivity index (χ2v) is 5.56. The predicted molar refractivity (Wildman–Crippen MR) is 82.3 cm³/mol. The van der Waals surface area contributed by atoms with Crippen LogP contribution < -0.4 is 15.4 Å². The SMILES string of the molecule is CC(C)Oc1cc(N2CCN(CCO)CC2)c(N)cc1F. The third kappa shape index (κ3) is 3.98. The number of rotatable bonds is 5. The second kappa shape index (κ2) is 6.95. The van der Waals surface area contributed by atoms with Gasteiger partial charge in [-0.2, -0.15) is 0 Å². The normalized spacial score (nSPS) is 16.5. The summed E-state index contributed by atoms with van der Waals surface area (Å²) >= 11 is 0. The zero-order valence-electron chi connectivity index (χ0n) is 12.7. The molecule has 1 heterocycles. The van der Waals surface area contributed by atoms with Crippen LogP contribution in [0.3, 0.4) is 0 Å². The maximum atomic E-state index is 13.9. The molecule has 118 valence electrons. The molecule has 1 aliphatic rings. The number of β-amino-alcohol motifs (C(OH)–C–C–N with tert-alkyl or cyclic N) is 1. The molecule has 21 heavy (non-hydrogen) atoms. The van der Waals surface area contributed by atoms with E-state index < -0.39 is 5.82 Å². The number of hydrogen-bond donors (Lipinski definition) is 2. The van der Waals surface area contributed by atoms with E-state index in [9.17, 15) is 4.39 Å². The second-order valence-electron chi connectivity index (χ2n) is 5.56. The zero-order valence-corrected chi connectivity index (χ0v) is 12.7. The molecule has 0 bridgehead atoms. The minimum atomic E-state index is -0.427. The predicted octanol–water partition coefficient (Wildman–Crippen LogP) is 1.31. The molecule has 6 heteroatoms. The average Bonchev–Trinajstić information content (AvgIpc) is 2.43. The molecule has 0 saturated carbocycles. The molecule has 0 spiro atoms. The van der Waals surface area contributed by atoms with Crippen molar-refractivity contribution in [2.75, 3.05) is 50.0 Å². The summed E-state index contributed by atoms with van der Waals surface area (Å²) in [6, 6.07) is 3.01. The number of aliphatic hydroxyl groups is 1. The lowest BCUT2D eigenvalue weighted by Crippen LogP contribution is -2.47. The van der Waals surface area contributed by atoms with Crippen LogP contribution in [0.1, 0.15) is 13.8 Å². The van der Waals surface area contributed by atoms with Crippen molar-refractivity contribution in [3.63, 3.8) is 0 Å². The van der Waals surface area contributed by atoms with Gasteiger partial charge >= 0.3 is 0 Å². The lowest BCUT2D eigenvalue weighted by molar-refractivity contribution is 0.188. The van der Waals surface area contributed by atoms with Crippen molar-refractivity contribution >= 4 is 11.4 Å². The Hall–Kier alpha value is -1.53. The van der Waals surface area contributed by atoms with E-state index in [1.165, 1.54) is 6.07 Å². The van der Waals surface area contributed by atoms with E-state index >= 15 is 0 Å². The van der Waals surface area contributed by atoms with Gasteiger partial charge in [-0.3, -0.25) is 4.90 Å². The maximum Gasteiger partial charge on any atom is 0.167 e. The fourth-order valence-corrected chi connectivity index (χ4v) is 2.53. The first-order chi connectivity index (χ1) is 10.0. The molecule has 0 aliphatic carbocycles. The number of piperazine rings is 1.